The maximum Gasteiger partial charge on any atom is 0.251 e. The van der Waals surface area contributed by atoms with Crippen LogP contribution >= 0.6 is 11.8 Å². The summed E-state index contributed by atoms with van der Waals surface area (Å²) in [5.41, 5.74) is 1.77. The average molecular weight is 411 g/mol. The first-order chi connectivity index (χ1) is 14.2. The third kappa shape index (κ3) is 6.26. The largest absolute Gasteiger partial charge is 0.352 e. The molecule has 1 amide bonds. The second-order valence-electron chi connectivity index (χ2n) is 7.19. The summed E-state index contributed by atoms with van der Waals surface area (Å²) in [5.74, 6) is 2.70. The summed E-state index contributed by atoms with van der Waals surface area (Å²) in [5, 5.41) is 6.30. The minimum absolute atomic E-state index is 0.0305. The zero-order valence-corrected chi connectivity index (χ0v) is 18.0. The molecule has 1 aliphatic heterocycles. The van der Waals surface area contributed by atoms with Gasteiger partial charge in [0.25, 0.3) is 5.91 Å². The van der Waals surface area contributed by atoms with Crippen molar-refractivity contribution in [3.05, 3.63) is 65.7 Å². The Morgan fingerprint density at radius 1 is 1.17 bits per heavy atom. The lowest BCUT2D eigenvalue weighted by atomic mass is 10.1. The maximum atomic E-state index is 12.0. The van der Waals surface area contributed by atoms with Gasteiger partial charge in [-0.1, -0.05) is 30.3 Å². The van der Waals surface area contributed by atoms with Crippen LogP contribution in [0, 0.1) is 5.92 Å². The molecule has 3 rings (SSSR count). The number of nitrogens with one attached hydrogen (secondary N) is 2. The number of amides is 1. The van der Waals surface area contributed by atoms with E-state index in [0.717, 1.165) is 30.4 Å². The molecule has 0 bridgehead atoms. The average Bonchev–Trinajstić information content (AvgIpc) is 3.23. The van der Waals surface area contributed by atoms with Gasteiger partial charge in [0.05, 0.1) is 0 Å². The minimum atomic E-state index is -0.0305. The fourth-order valence-electron chi connectivity index (χ4n) is 3.49. The van der Waals surface area contributed by atoms with Crippen molar-refractivity contribution in [2.45, 2.75) is 24.8 Å². The first-order valence-electron chi connectivity index (χ1n) is 10.2. The van der Waals surface area contributed by atoms with Crippen molar-refractivity contribution < 1.29 is 4.79 Å². The van der Waals surface area contributed by atoms with Gasteiger partial charge in [0.1, 0.15) is 0 Å². The van der Waals surface area contributed by atoms with E-state index in [0.29, 0.717) is 24.6 Å². The number of carbonyl (C=O) groups excluding carboxylic acids is 1. The molecule has 1 unspecified atom stereocenters. The highest BCUT2D eigenvalue weighted by molar-refractivity contribution is 7.99. The number of carbonyl (C=O) groups is 1. The van der Waals surface area contributed by atoms with Gasteiger partial charge >= 0.3 is 0 Å². The van der Waals surface area contributed by atoms with Gasteiger partial charge in [0.2, 0.25) is 0 Å². The van der Waals surface area contributed by atoms with Gasteiger partial charge in [0.15, 0.2) is 5.96 Å². The second kappa shape index (κ2) is 10.9. The topological polar surface area (TPSA) is 56.7 Å². The summed E-state index contributed by atoms with van der Waals surface area (Å²) < 4.78 is 0. The molecule has 29 heavy (non-hydrogen) atoms. The van der Waals surface area contributed by atoms with Gasteiger partial charge in [-0.05, 0) is 49.1 Å². The van der Waals surface area contributed by atoms with E-state index < -0.39 is 0 Å². The molecule has 0 radical (unpaired) electrons. The van der Waals surface area contributed by atoms with Crippen molar-refractivity contribution in [1.29, 1.82) is 0 Å². The first kappa shape index (κ1) is 21.2. The summed E-state index contributed by atoms with van der Waals surface area (Å²) in [6, 6.07) is 18.3. The van der Waals surface area contributed by atoms with Crippen molar-refractivity contribution >= 4 is 23.6 Å². The van der Waals surface area contributed by atoms with Crippen molar-refractivity contribution in [2.24, 2.45) is 10.9 Å². The Labute approximate surface area is 178 Å². The maximum absolute atomic E-state index is 12.0. The second-order valence-corrected chi connectivity index (χ2v) is 8.28. The smallest absolute Gasteiger partial charge is 0.251 e. The van der Waals surface area contributed by atoms with Gasteiger partial charge in [-0.25, -0.2) is 0 Å². The zero-order valence-electron chi connectivity index (χ0n) is 17.2. The van der Waals surface area contributed by atoms with Crippen LogP contribution in [0.5, 0.6) is 0 Å². The third-order valence-electron chi connectivity index (χ3n) is 5.00. The standard InChI is InChI=1S/C23H30N4OS/c1-3-25-22(28)20-9-7-8-18(14-20)15-26-23(24-2)27-13-12-19(16-27)17-29-21-10-5-4-6-11-21/h4-11,14,19H,3,12-13,15-17H2,1-2H3,(H,24,26)(H,25,28). The molecule has 0 aliphatic carbocycles. The number of hydrogen-bond acceptors (Lipinski definition) is 3. The van der Waals surface area contributed by atoms with Crippen molar-refractivity contribution in [1.82, 2.24) is 15.5 Å². The third-order valence-corrected chi connectivity index (χ3v) is 6.25. The van der Waals surface area contributed by atoms with Crippen LogP contribution in [0.4, 0.5) is 0 Å². The van der Waals surface area contributed by atoms with Crippen LogP contribution in [0.15, 0.2) is 64.5 Å². The SMILES string of the molecule is CCNC(=O)c1cccc(CNC(=NC)N2CCC(CSc3ccccc3)C2)c1. The van der Waals surface area contributed by atoms with Crippen LogP contribution < -0.4 is 10.6 Å². The number of guanidine groups is 1. The van der Waals surface area contributed by atoms with Gasteiger partial charge < -0.3 is 15.5 Å². The van der Waals surface area contributed by atoms with Gasteiger partial charge in [-0.15, -0.1) is 11.8 Å². The molecular weight excluding hydrogens is 380 g/mol. The molecule has 1 heterocycles. The molecule has 2 aromatic carbocycles. The molecule has 5 nitrogen and oxygen atoms in total. The van der Waals surface area contributed by atoms with Crippen molar-refractivity contribution in [3.63, 3.8) is 0 Å². The lowest BCUT2D eigenvalue weighted by Gasteiger charge is -2.22. The van der Waals surface area contributed by atoms with Crippen LogP contribution in [-0.2, 0) is 6.54 Å². The van der Waals surface area contributed by atoms with Gasteiger partial charge in [0, 0.05) is 49.4 Å². The number of hydrogen-bond donors (Lipinski definition) is 2. The Morgan fingerprint density at radius 3 is 2.76 bits per heavy atom. The lowest BCUT2D eigenvalue weighted by molar-refractivity contribution is 0.0955. The Balaban J connectivity index is 1.49. The van der Waals surface area contributed by atoms with E-state index in [-0.39, 0.29) is 5.91 Å². The molecule has 1 fully saturated rings. The molecule has 154 valence electrons. The first-order valence-corrected chi connectivity index (χ1v) is 11.2. The fraction of sp³-hybridized carbons (Fsp3) is 0.391. The molecule has 0 spiro atoms. The summed E-state index contributed by atoms with van der Waals surface area (Å²) >= 11 is 1.93. The van der Waals surface area contributed by atoms with Gasteiger partial charge in [-0.3, -0.25) is 9.79 Å². The van der Waals surface area contributed by atoms with E-state index in [9.17, 15) is 4.79 Å². The number of rotatable bonds is 7. The normalized spacial score (nSPS) is 16.7. The highest BCUT2D eigenvalue weighted by atomic mass is 32.2. The fourth-order valence-corrected chi connectivity index (χ4v) is 4.54. The van der Waals surface area contributed by atoms with E-state index in [1.54, 1.807) is 0 Å². The van der Waals surface area contributed by atoms with Crippen LogP contribution in [0.2, 0.25) is 0 Å². The molecule has 0 aromatic heterocycles. The minimum Gasteiger partial charge on any atom is -0.352 e. The lowest BCUT2D eigenvalue weighted by Crippen LogP contribution is -2.39. The predicted octanol–water partition coefficient (Wildman–Crippen LogP) is 3.63. The van der Waals surface area contributed by atoms with Gasteiger partial charge in [-0.2, -0.15) is 0 Å². The van der Waals surface area contributed by atoms with Crippen molar-refractivity contribution in [3.8, 4) is 0 Å². The van der Waals surface area contributed by atoms with E-state index in [1.165, 1.54) is 11.3 Å². The molecule has 1 saturated heterocycles. The van der Waals surface area contributed by atoms with Crippen LogP contribution in [0.3, 0.4) is 0 Å². The monoisotopic (exact) mass is 410 g/mol. The van der Waals surface area contributed by atoms with E-state index in [2.05, 4.69) is 50.9 Å². The molecule has 6 heteroatoms. The summed E-state index contributed by atoms with van der Waals surface area (Å²) in [7, 11) is 1.83. The number of benzene rings is 2. The Bertz CT molecular complexity index is 825. The summed E-state index contributed by atoms with van der Waals surface area (Å²) in [4.78, 5) is 20.2. The van der Waals surface area contributed by atoms with Crippen LogP contribution in [-0.4, -0.2) is 49.2 Å². The predicted molar refractivity (Wildman–Crippen MR) is 121 cm³/mol. The molecule has 1 atom stereocenters. The Hall–Kier alpha value is -2.47. The Kier molecular flexibility index (Phi) is 7.99. The molecular formula is C23H30N4OS. The number of thioether (sulfide) groups is 1. The molecule has 0 saturated carbocycles. The molecule has 2 aromatic rings. The number of nitrogens with zero attached hydrogens (tertiary/aromatic N) is 2. The Morgan fingerprint density at radius 2 is 2.00 bits per heavy atom. The summed E-state index contributed by atoms with van der Waals surface area (Å²) in [6.07, 6.45) is 1.19. The molecule has 1 aliphatic rings. The van der Waals surface area contributed by atoms with E-state index >= 15 is 0 Å². The molecule has 2 N–H and O–H groups in total. The quantitative estimate of drug-likeness (QED) is 0.416. The highest BCUT2D eigenvalue weighted by Gasteiger charge is 2.24. The van der Waals surface area contributed by atoms with Crippen LogP contribution in [0.25, 0.3) is 0 Å². The number of likely N-dealkylation sites (tertiary alicyclic amines) is 1. The highest BCUT2D eigenvalue weighted by Crippen LogP contribution is 2.25. The zero-order chi connectivity index (χ0) is 20.5. The van der Waals surface area contributed by atoms with Crippen molar-refractivity contribution in [2.75, 3.05) is 32.4 Å². The number of aliphatic imine (C=N–C) groups is 1. The van der Waals surface area contributed by atoms with E-state index in [1.807, 2.05) is 50.0 Å². The summed E-state index contributed by atoms with van der Waals surface area (Å²) in [6.45, 7) is 5.26. The van der Waals surface area contributed by atoms with E-state index in [4.69, 9.17) is 0 Å². The van der Waals surface area contributed by atoms with Crippen LogP contribution in [0.1, 0.15) is 29.3 Å².